The summed E-state index contributed by atoms with van der Waals surface area (Å²) in [5.74, 6) is 0.521. The lowest BCUT2D eigenvalue weighted by Crippen LogP contribution is -2.30. The Labute approximate surface area is 102 Å². The smallest absolute Gasteiger partial charge is 0.271 e. The zero-order valence-corrected chi connectivity index (χ0v) is 10.7. The first-order valence-corrected chi connectivity index (χ1v) is 6.00. The third-order valence-corrected chi connectivity index (χ3v) is 2.14. The molecule has 0 bridgehead atoms. The Bertz CT molecular complexity index is 348. The molecule has 17 heavy (non-hydrogen) atoms. The summed E-state index contributed by atoms with van der Waals surface area (Å²) >= 11 is 0. The molecular formula is C12H20N4O. The number of nitrogens with zero attached hydrogens (tertiary/aromatic N) is 2. The molecule has 0 aliphatic heterocycles. The summed E-state index contributed by atoms with van der Waals surface area (Å²) < 4.78 is 0. The highest BCUT2D eigenvalue weighted by Crippen LogP contribution is 2.02. The maximum absolute atomic E-state index is 11.6. The normalized spacial score (nSPS) is 10.4. The first-order valence-electron chi connectivity index (χ1n) is 6.00. The molecule has 1 amide bonds. The lowest BCUT2D eigenvalue weighted by atomic mass is 10.3. The highest BCUT2D eigenvalue weighted by atomic mass is 16.1. The van der Waals surface area contributed by atoms with E-state index in [9.17, 15) is 4.79 Å². The predicted octanol–water partition coefficient (Wildman–Crippen LogP) is 1.83. The number of unbranched alkanes of at least 4 members (excludes halogenated alkanes) is 1. The summed E-state index contributed by atoms with van der Waals surface area (Å²) in [6.45, 7) is 6.83. The van der Waals surface area contributed by atoms with Crippen LogP contribution in [0.5, 0.6) is 0 Å². The Hall–Kier alpha value is -1.65. The number of rotatable bonds is 6. The SMILES string of the molecule is CCCCNc1cnc(C(=O)NC(C)C)cn1. The number of anilines is 1. The van der Waals surface area contributed by atoms with E-state index in [0.29, 0.717) is 11.5 Å². The maximum Gasteiger partial charge on any atom is 0.271 e. The number of hydrogen-bond acceptors (Lipinski definition) is 4. The fraction of sp³-hybridized carbons (Fsp3) is 0.583. The summed E-state index contributed by atoms with van der Waals surface area (Å²) in [4.78, 5) is 19.8. The van der Waals surface area contributed by atoms with Gasteiger partial charge in [-0.15, -0.1) is 0 Å². The minimum absolute atomic E-state index is 0.103. The van der Waals surface area contributed by atoms with Gasteiger partial charge < -0.3 is 10.6 Å². The van der Waals surface area contributed by atoms with E-state index >= 15 is 0 Å². The fourth-order valence-electron chi connectivity index (χ4n) is 1.27. The molecule has 1 aromatic rings. The predicted molar refractivity (Wildman–Crippen MR) is 68.0 cm³/mol. The molecule has 1 heterocycles. The molecule has 2 N–H and O–H groups in total. The van der Waals surface area contributed by atoms with Crippen LogP contribution in [0.4, 0.5) is 5.82 Å². The van der Waals surface area contributed by atoms with Crippen LogP contribution in [0, 0.1) is 0 Å². The minimum Gasteiger partial charge on any atom is -0.369 e. The van der Waals surface area contributed by atoms with E-state index < -0.39 is 0 Å². The van der Waals surface area contributed by atoms with Crippen molar-refractivity contribution in [2.24, 2.45) is 0 Å². The first kappa shape index (κ1) is 13.4. The van der Waals surface area contributed by atoms with Crippen molar-refractivity contribution in [1.82, 2.24) is 15.3 Å². The molecular weight excluding hydrogens is 216 g/mol. The second-order valence-corrected chi connectivity index (χ2v) is 4.20. The lowest BCUT2D eigenvalue weighted by Gasteiger charge is -2.08. The number of aromatic nitrogens is 2. The summed E-state index contributed by atoms with van der Waals surface area (Å²) in [6.07, 6.45) is 5.31. The second-order valence-electron chi connectivity index (χ2n) is 4.20. The summed E-state index contributed by atoms with van der Waals surface area (Å²) in [5.41, 5.74) is 0.347. The lowest BCUT2D eigenvalue weighted by molar-refractivity contribution is 0.0937. The molecule has 0 fully saturated rings. The van der Waals surface area contributed by atoms with Gasteiger partial charge in [0.05, 0.1) is 12.4 Å². The van der Waals surface area contributed by atoms with Crippen molar-refractivity contribution >= 4 is 11.7 Å². The van der Waals surface area contributed by atoms with Gasteiger partial charge in [0.1, 0.15) is 11.5 Å². The van der Waals surface area contributed by atoms with Crippen LogP contribution < -0.4 is 10.6 Å². The molecule has 0 spiro atoms. The van der Waals surface area contributed by atoms with Crippen LogP contribution in [0.15, 0.2) is 12.4 Å². The van der Waals surface area contributed by atoms with Gasteiger partial charge in [0.25, 0.3) is 5.91 Å². The second kappa shape index (κ2) is 6.83. The van der Waals surface area contributed by atoms with Crippen LogP contribution in [0.25, 0.3) is 0 Å². The number of carbonyl (C=O) groups excluding carboxylic acids is 1. The highest BCUT2D eigenvalue weighted by Gasteiger charge is 2.08. The Morgan fingerprint density at radius 1 is 1.35 bits per heavy atom. The average molecular weight is 236 g/mol. The van der Waals surface area contributed by atoms with E-state index in [-0.39, 0.29) is 11.9 Å². The van der Waals surface area contributed by atoms with Gasteiger partial charge in [-0.3, -0.25) is 4.79 Å². The van der Waals surface area contributed by atoms with Crippen molar-refractivity contribution in [2.45, 2.75) is 39.7 Å². The van der Waals surface area contributed by atoms with Gasteiger partial charge >= 0.3 is 0 Å². The molecule has 0 unspecified atom stereocenters. The van der Waals surface area contributed by atoms with Crippen LogP contribution in [-0.2, 0) is 0 Å². The molecule has 94 valence electrons. The van der Waals surface area contributed by atoms with Gasteiger partial charge in [0.15, 0.2) is 0 Å². The summed E-state index contributed by atoms with van der Waals surface area (Å²) in [5, 5.41) is 5.92. The van der Waals surface area contributed by atoms with Crippen LogP contribution in [0.2, 0.25) is 0 Å². The van der Waals surface area contributed by atoms with Gasteiger partial charge in [0, 0.05) is 12.6 Å². The van der Waals surface area contributed by atoms with E-state index in [1.807, 2.05) is 13.8 Å². The Morgan fingerprint density at radius 3 is 2.65 bits per heavy atom. The number of amides is 1. The van der Waals surface area contributed by atoms with Crippen LogP contribution >= 0.6 is 0 Å². The van der Waals surface area contributed by atoms with Gasteiger partial charge in [-0.2, -0.15) is 0 Å². The Kier molecular flexibility index (Phi) is 5.39. The number of nitrogens with one attached hydrogen (secondary N) is 2. The molecule has 1 aromatic heterocycles. The summed E-state index contributed by atoms with van der Waals surface area (Å²) in [6, 6.07) is 0.103. The molecule has 5 nitrogen and oxygen atoms in total. The van der Waals surface area contributed by atoms with Gasteiger partial charge in [-0.25, -0.2) is 9.97 Å². The van der Waals surface area contributed by atoms with E-state index in [2.05, 4.69) is 27.5 Å². The third-order valence-electron chi connectivity index (χ3n) is 2.14. The van der Waals surface area contributed by atoms with Crippen molar-refractivity contribution in [3.05, 3.63) is 18.1 Å². The molecule has 0 aliphatic carbocycles. The Morgan fingerprint density at radius 2 is 2.12 bits per heavy atom. The maximum atomic E-state index is 11.6. The number of hydrogen-bond donors (Lipinski definition) is 2. The Balaban J connectivity index is 2.52. The summed E-state index contributed by atoms with van der Waals surface area (Å²) in [7, 11) is 0. The average Bonchev–Trinajstić information content (AvgIpc) is 2.29. The highest BCUT2D eigenvalue weighted by molar-refractivity contribution is 5.92. The molecule has 0 radical (unpaired) electrons. The fourth-order valence-corrected chi connectivity index (χ4v) is 1.27. The van der Waals surface area contributed by atoms with Gasteiger partial charge in [-0.05, 0) is 20.3 Å². The molecule has 5 heteroatoms. The first-order chi connectivity index (χ1) is 8.13. The largest absolute Gasteiger partial charge is 0.369 e. The molecule has 1 rings (SSSR count). The van der Waals surface area contributed by atoms with E-state index in [0.717, 1.165) is 19.4 Å². The molecule has 0 saturated carbocycles. The van der Waals surface area contributed by atoms with E-state index in [1.54, 1.807) is 6.20 Å². The van der Waals surface area contributed by atoms with E-state index in [1.165, 1.54) is 6.20 Å². The zero-order valence-electron chi connectivity index (χ0n) is 10.7. The van der Waals surface area contributed by atoms with Crippen molar-refractivity contribution < 1.29 is 4.79 Å². The van der Waals surface area contributed by atoms with Crippen LogP contribution in [0.1, 0.15) is 44.1 Å². The molecule has 0 atom stereocenters. The topological polar surface area (TPSA) is 66.9 Å². The third kappa shape index (κ3) is 4.80. The minimum atomic E-state index is -0.187. The van der Waals surface area contributed by atoms with Crippen molar-refractivity contribution in [1.29, 1.82) is 0 Å². The van der Waals surface area contributed by atoms with Crippen molar-refractivity contribution in [2.75, 3.05) is 11.9 Å². The van der Waals surface area contributed by atoms with Crippen LogP contribution in [0.3, 0.4) is 0 Å². The van der Waals surface area contributed by atoms with Gasteiger partial charge in [0.2, 0.25) is 0 Å². The van der Waals surface area contributed by atoms with Crippen molar-refractivity contribution in [3.8, 4) is 0 Å². The molecule has 0 saturated heterocycles. The van der Waals surface area contributed by atoms with Gasteiger partial charge in [-0.1, -0.05) is 13.3 Å². The van der Waals surface area contributed by atoms with Crippen molar-refractivity contribution in [3.63, 3.8) is 0 Å². The van der Waals surface area contributed by atoms with E-state index in [4.69, 9.17) is 0 Å². The standard InChI is InChI=1S/C12H20N4O/c1-4-5-6-13-11-8-14-10(7-15-11)12(17)16-9(2)3/h7-9H,4-6H2,1-3H3,(H,13,15)(H,16,17). The molecule has 0 aromatic carbocycles. The molecule has 0 aliphatic rings. The number of carbonyl (C=O) groups is 1. The zero-order chi connectivity index (χ0) is 12.7. The monoisotopic (exact) mass is 236 g/mol. The van der Waals surface area contributed by atoms with Crippen LogP contribution in [-0.4, -0.2) is 28.5 Å². The quantitative estimate of drug-likeness (QED) is 0.739.